The molecule has 1 aliphatic heterocycles. The van der Waals surface area contributed by atoms with Crippen molar-refractivity contribution >= 4 is 11.6 Å². The second kappa shape index (κ2) is 10.2. The van der Waals surface area contributed by atoms with Crippen LogP contribution < -0.4 is 10.5 Å². The third-order valence-corrected chi connectivity index (χ3v) is 6.66. The van der Waals surface area contributed by atoms with E-state index < -0.39 is 0 Å². The average molecular weight is 458 g/mol. The van der Waals surface area contributed by atoms with Crippen LogP contribution in [0, 0.1) is 6.57 Å². The van der Waals surface area contributed by atoms with Gasteiger partial charge in [0.15, 0.2) is 5.69 Å². The maximum absolute atomic E-state index is 13.7. The zero-order chi connectivity index (χ0) is 24.2. The summed E-state index contributed by atoms with van der Waals surface area (Å²) < 4.78 is 1.66. The number of aliphatic hydroxyl groups excluding tert-OH is 1. The Morgan fingerprint density at radius 2 is 1.68 bits per heavy atom. The Labute approximate surface area is 200 Å². The molecule has 1 fully saturated rings. The number of hydrogen-bond donors (Lipinski definition) is 1. The summed E-state index contributed by atoms with van der Waals surface area (Å²) in [5, 5.41) is 9.23. The Morgan fingerprint density at radius 1 is 1.06 bits per heavy atom. The van der Waals surface area contributed by atoms with Crippen LogP contribution in [0.4, 0.5) is 11.6 Å². The second-order valence-corrected chi connectivity index (χ2v) is 9.01. The van der Waals surface area contributed by atoms with Gasteiger partial charge in [-0.3, -0.25) is 9.36 Å². The highest BCUT2D eigenvalue weighted by Crippen LogP contribution is 2.32. The van der Waals surface area contributed by atoms with E-state index in [2.05, 4.69) is 28.7 Å². The lowest BCUT2D eigenvalue weighted by molar-refractivity contribution is 0.248. The molecule has 1 aromatic heterocycles. The molecule has 3 aromatic rings. The molecule has 7 nitrogen and oxygen atoms in total. The maximum Gasteiger partial charge on any atom is 0.263 e. The molecule has 0 spiro atoms. The first-order valence-corrected chi connectivity index (χ1v) is 11.6. The van der Waals surface area contributed by atoms with Gasteiger partial charge in [0.25, 0.3) is 5.56 Å². The average Bonchev–Trinajstić information content (AvgIpc) is 2.86. The van der Waals surface area contributed by atoms with Crippen LogP contribution in [0.25, 0.3) is 27.2 Å². The van der Waals surface area contributed by atoms with Crippen LogP contribution in [-0.2, 0) is 13.5 Å². The van der Waals surface area contributed by atoms with Gasteiger partial charge in [-0.05, 0) is 50.0 Å². The summed E-state index contributed by atoms with van der Waals surface area (Å²) >= 11 is 0. The van der Waals surface area contributed by atoms with Crippen molar-refractivity contribution in [3.05, 3.63) is 75.9 Å². The van der Waals surface area contributed by atoms with Gasteiger partial charge in [0.1, 0.15) is 0 Å². The number of nitrogens with zero attached hydrogens (tertiary/aromatic N) is 5. The van der Waals surface area contributed by atoms with E-state index in [0.717, 1.165) is 42.6 Å². The quantitative estimate of drug-likeness (QED) is 0.572. The van der Waals surface area contributed by atoms with Gasteiger partial charge in [0, 0.05) is 32.8 Å². The number of aliphatic hydroxyl groups is 1. The van der Waals surface area contributed by atoms with E-state index in [1.54, 1.807) is 23.7 Å². The predicted octanol–water partition coefficient (Wildman–Crippen LogP) is 3.73. The standard InChI is InChI=1S/C27H31N5O2/c1-28-22-11-9-21(10-12-22)25-24(20-7-5-19(6-8-20)15-18-33)26(34)31(4)27(29-25)32-16-13-23(14-17-32)30(2)3/h5-12,23,33H,13-18H2,2-4H3. The first-order chi connectivity index (χ1) is 16.4. The highest BCUT2D eigenvalue weighted by molar-refractivity contribution is 5.81. The maximum atomic E-state index is 13.7. The summed E-state index contributed by atoms with van der Waals surface area (Å²) in [4.78, 5) is 26.7. The van der Waals surface area contributed by atoms with Gasteiger partial charge >= 0.3 is 0 Å². The molecule has 0 atom stereocenters. The zero-order valence-electron chi connectivity index (χ0n) is 20.0. The van der Waals surface area contributed by atoms with E-state index in [9.17, 15) is 9.90 Å². The van der Waals surface area contributed by atoms with Gasteiger partial charge in [-0.25, -0.2) is 9.83 Å². The fraction of sp³-hybridized carbons (Fsp3) is 0.370. The molecule has 1 saturated heterocycles. The van der Waals surface area contributed by atoms with Crippen LogP contribution in [0.5, 0.6) is 0 Å². The number of aromatic nitrogens is 2. The Balaban J connectivity index is 1.83. The monoisotopic (exact) mass is 457 g/mol. The lowest BCUT2D eigenvalue weighted by Crippen LogP contribution is -2.44. The van der Waals surface area contributed by atoms with Crippen molar-refractivity contribution < 1.29 is 5.11 Å². The van der Waals surface area contributed by atoms with Gasteiger partial charge in [-0.1, -0.05) is 48.5 Å². The Bertz CT molecular complexity index is 1230. The Kier molecular flexibility index (Phi) is 7.11. The van der Waals surface area contributed by atoms with Crippen LogP contribution in [0.3, 0.4) is 0 Å². The number of hydrogen-bond acceptors (Lipinski definition) is 5. The molecule has 0 radical (unpaired) electrons. The largest absolute Gasteiger partial charge is 0.396 e. The lowest BCUT2D eigenvalue weighted by Gasteiger charge is -2.36. The van der Waals surface area contributed by atoms with Crippen molar-refractivity contribution in [1.82, 2.24) is 14.5 Å². The molecular formula is C27H31N5O2. The Morgan fingerprint density at radius 3 is 2.24 bits per heavy atom. The molecule has 1 N–H and O–H groups in total. The SMILES string of the molecule is [C-]#[N+]c1ccc(-c2nc(N3CCC(N(C)C)CC3)n(C)c(=O)c2-c2ccc(CCO)cc2)cc1. The normalized spacial score (nSPS) is 14.4. The van der Waals surface area contributed by atoms with Gasteiger partial charge < -0.3 is 14.9 Å². The number of anilines is 1. The van der Waals surface area contributed by atoms with Crippen molar-refractivity contribution in [2.45, 2.75) is 25.3 Å². The zero-order valence-corrected chi connectivity index (χ0v) is 20.0. The minimum atomic E-state index is -0.0982. The van der Waals surface area contributed by atoms with Crippen molar-refractivity contribution in [1.29, 1.82) is 0 Å². The molecule has 0 saturated carbocycles. The van der Waals surface area contributed by atoms with Crippen LogP contribution in [0.1, 0.15) is 18.4 Å². The molecular weight excluding hydrogens is 426 g/mol. The molecule has 34 heavy (non-hydrogen) atoms. The van der Waals surface area contributed by atoms with Gasteiger partial charge in [-0.15, -0.1) is 0 Å². The van der Waals surface area contributed by atoms with Crippen LogP contribution >= 0.6 is 0 Å². The number of benzene rings is 2. The summed E-state index contributed by atoms with van der Waals surface area (Å²) in [5.41, 5.74) is 4.23. The molecule has 0 aliphatic carbocycles. The van der Waals surface area contributed by atoms with Crippen molar-refractivity contribution in [2.75, 3.05) is 38.7 Å². The lowest BCUT2D eigenvalue weighted by atomic mass is 9.98. The summed E-state index contributed by atoms with van der Waals surface area (Å²) in [6, 6.07) is 15.5. The topological polar surface area (TPSA) is 66.0 Å². The highest BCUT2D eigenvalue weighted by atomic mass is 16.3. The summed E-state index contributed by atoms with van der Waals surface area (Å²) in [5.74, 6) is 0.673. The molecule has 0 unspecified atom stereocenters. The molecule has 1 aliphatic rings. The third-order valence-electron chi connectivity index (χ3n) is 6.66. The van der Waals surface area contributed by atoms with Gasteiger partial charge in [-0.2, -0.15) is 0 Å². The molecule has 4 rings (SSSR count). The molecule has 0 amide bonds. The van der Waals surface area contributed by atoms with E-state index in [-0.39, 0.29) is 12.2 Å². The summed E-state index contributed by atoms with van der Waals surface area (Å²) in [6.45, 7) is 9.02. The van der Waals surface area contributed by atoms with E-state index in [4.69, 9.17) is 11.6 Å². The fourth-order valence-corrected chi connectivity index (χ4v) is 4.59. The molecule has 2 heterocycles. The molecule has 2 aromatic carbocycles. The van der Waals surface area contributed by atoms with E-state index in [1.165, 1.54) is 0 Å². The first-order valence-electron chi connectivity index (χ1n) is 11.6. The van der Waals surface area contributed by atoms with E-state index in [1.807, 2.05) is 36.4 Å². The van der Waals surface area contributed by atoms with Crippen molar-refractivity contribution in [3.8, 4) is 22.4 Å². The van der Waals surface area contributed by atoms with Crippen molar-refractivity contribution in [2.24, 2.45) is 7.05 Å². The van der Waals surface area contributed by atoms with Crippen molar-refractivity contribution in [3.63, 3.8) is 0 Å². The highest BCUT2D eigenvalue weighted by Gasteiger charge is 2.26. The minimum Gasteiger partial charge on any atom is -0.396 e. The minimum absolute atomic E-state index is 0.0839. The Hall–Kier alpha value is -3.47. The predicted molar refractivity (Wildman–Crippen MR) is 136 cm³/mol. The number of rotatable bonds is 6. The van der Waals surface area contributed by atoms with Crippen LogP contribution in [0.15, 0.2) is 53.3 Å². The van der Waals surface area contributed by atoms with E-state index >= 15 is 0 Å². The number of piperidine rings is 1. The molecule has 176 valence electrons. The van der Waals surface area contributed by atoms with Crippen LogP contribution in [0.2, 0.25) is 0 Å². The summed E-state index contributed by atoms with van der Waals surface area (Å²) in [7, 11) is 6.01. The third kappa shape index (κ3) is 4.74. The van der Waals surface area contributed by atoms with Crippen LogP contribution in [-0.4, -0.2) is 59.4 Å². The smallest absolute Gasteiger partial charge is 0.263 e. The molecule has 7 heteroatoms. The van der Waals surface area contributed by atoms with E-state index in [0.29, 0.717) is 35.4 Å². The fourth-order valence-electron chi connectivity index (χ4n) is 4.59. The first kappa shape index (κ1) is 23.7. The summed E-state index contributed by atoms with van der Waals surface area (Å²) in [6.07, 6.45) is 2.61. The second-order valence-electron chi connectivity index (χ2n) is 9.01. The van der Waals surface area contributed by atoms with Gasteiger partial charge in [0.2, 0.25) is 5.95 Å². The van der Waals surface area contributed by atoms with Gasteiger partial charge in [0.05, 0.1) is 17.8 Å². The molecule has 0 bridgehead atoms.